The fraction of sp³-hybridized carbons (Fsp3) is 0.700. The number of carbonyl (C=O) groups is 1. The third-order valence-electron chi connectivity index (χ3n) is 6.13. The van der Waals surface area contributed by atoms with E-state index in [9.17, 15) is 18.0 Å². The van der Waals surface area contributed by atoms with Crippen LogP contribution in [0.2, 0.25) is 0 Å². The minimum absolute atomic E-state index is 0.0671. The number of pyridine rings is 1. The minimum Gasteiger partial charge on any atom is -0.356 e. The molecule has 28 heavy (non-hydrogen) atoms. The van der Waals surface area contributed by atoms with Gasteiger partial charge in [0, 0.05) is 37.9 Å². The van der Waals surface area contributed by atoms with Crippen LogP contribution in [0.25, 0.3) is 0 Å². The molecule has 1 unspecified atom stereocenters. The number of piperidine rings is 2. The molecule has 4 rings (SSSR count). The Bertz CT molecular complexity index is 699. The zero-order valence-electron chi connectivity index (χ0n) is 15.9. The summed E-state index contributed by atoms with van der Waals surface area (Å²) in [6.45, 7) is 3.17. The molecule has 5 nitrogen and oxygen atoms in total. The first-order valence-electron chi connectivity index (χ1n) is 10.2. The van der Waals surface area contributed by atoms with Gasteiger partial charge in [0.2, 0.25) is 5.91 Å². The average Bonchev–Trinajstić information content (AvgIpc) is 3.52. The monoisotopic (exact) mass is 396 g/mol. The Kier molecular flexibility index (Phi) is 5.49. The smallest absolute Gasteiger partial charge is 0.356 e. The molecule has 1 aromatic rings. The second kappa shape index (κ2) is 7.89. The van der Waals surface area contributed by atoms with Gasteiger partial charge in [0.05, 0.1) is 11.5 Å². The van der Waals surface area contributed by atoms with Gasteiger partial charge in [-0.1, -0.05) is 0 Å². The third-order valence-corrected chi connectivity index (χ3v) is 6.13. The Morgan fingerprint density at radius 3 is 2.54 bits per heavy atom. The van der Waals surface area contributed by atoms with Crippen molar-refractivity contribution in [2.75, 3.05) is 31.1 Å². The van der Waals surface area contributed by atoms with Crippen LogP contribution in [0.1, 0.15) is 44.1 Å². The van der Waals surface area contributed by atoms with Crippen molar-refractivity contribution in [1.29, 1.82) is 0 Å². The summed E-state index contributed by atoms with van der Waals surface area (Å²) >= 11 is 0. The first kappa shape index (κ1) is 19.5. The number of anilines is 1. The molecular weight excluding hydrogens is 369 g/mol. The molecule has 3 fully saturated rings. The maximum Gasteiger partial charge on any atom is 0.416 e. The summed E-state index contributed by atoms with van der Waals surface area (Å²) in [4.78, 5) is 20.9. The van der Waals surface area contributed by atoms with Crippen LogP contribution in [0.15, 0.2) is 18.3 Å². The number of carbonyl (C=O) groups excluding carboxylic acids is 1. The standard InChI is InChI=1S/C20H27F3N4O/c21-20(22,23)15-5-8-24-18(12-15)26-10-6-17(7-11-26)27-9-1-2-14(13-27)19(28)25-16-3-4-16/h5,8,12,14,16-17H,1-4,6-7,9-11,13H2,(H,25,28). The van der Waals surface area contributed by atoms with Gasteiger partial charge >= 0.3 is 6.18 Å². The molecule has 0 aromatic carbocycles. The van der Waals surface area contributed by atoms with Gasteiger partial charge in [-0.15, -0.1) is 0 Å². The van der Waals surface area contributed by atoms with Crippen LogP contribution in [0.5, 0.6) is 0 Å². The fourth-order valence-electron chi connectivity index (χ4n) is 4.33. The summed E-state index contributed by atoms with van der Waals surface area (Å²) in [5, 5.41) is 3.12. The molecule has 2 aliphatic heterocycles. The van der Waals surface area contributed by atoms with E-state index in [-0.39, 0.29) is 11.8 Å². The largest absolute Gasteiger partial charge is 0.416 e. The van der Waals surface area contributed by atoms with Crippen molar-refractivity contribution in [2.24, 2.45) is 5.92 Å². The first-order valence-corrected chi connectivity index (χ1v) is 10.2. The number of hydrogen-bond acceptors (Lipinski definition) is 4. The lowest BCUT2D eigenvalue weighted by atomic mass is 9.93. The second-order valence-corrected chi connectivity index (χ2v) is 8.24. The van der Waals surface area contributed by atoms with Crippen molar-refractivity contribution in [1.82, 2.24) is 15.2 Å². The Labute approximate surface area is 163 Å². The number of nitrogens with one attached hydrogen (secondary N) is 1. The Morgan fingerprint density at radius 2 is 1.86 bits per heavy atom. The molecule has 3 aliphatic rings. The summed E-state index contributed by atoms with van der Waals surface area (Å²) < 4.78 is 38.8. The van der Waals surface area contributed by atoms with E-state index >= 15 is 0 Å². The third kappa shape index (κ3) is 4.59. The fourth-order valence-corrected chi connectivity index (χ4v) is 4.33. The summed E-state index contributed by atoms with van der Waals surface area (Å²) in [5.74, 6) is 0.656. The zero-order chi connectivity index (χ0) is 19.7. The van der Waals surface area contributed by atoms with Gasteiger partial charge in [0.15, 0.2) is 0 Å². The van der Waals surface area contributed by atoms with Gasteiger partial charge in [0.25, 0.3) is 0 Å². The van der Waals surface area contributed by atoms with E-state index in [1.807, 2.05) is 4.90 Å². The molecule has 1 saturated carbocycles. The normalized spacial score (nSPS) is 25.0. The van der Waals surface area contributed by atoms with Crippen LogP contribution in [-0.4, -0.2) is 54.1 Å². The SMILES string of the molecule is O=C(NC1CC1)C1CCCN(C2CCN(c3cc(C(F)(F)F)ccn3)CC2)C1. The topological polar surface area (TPSA) is 48.5 Å². The van der Waals surface area contributed by atoms with Crippen LogP contribution in [0.3, 0.4) is 0 Å². The number of aromatic nitrogens is 1. The molecule has 0 radical (unpaired) electrons. The highest BCUT2D eigenvalue weighted by atomic mass is 19.4. The van der Waals surface area contributed by atoms with Crippen LogP contribution in [0, 0.1) is 5.92 Å². The minimum atomic E-state index is -4.35. The lowest BCUT2D eigenvalue weighted by molar-refractivity contribution is -0.137. The highest BCUT2D eigenvalue weighted by Crippen LogP contribution is 2.32. The van der Waals surface area contributed by atoms with E-state index < -0.39 is 11.7 Å². The average molecular weight is 396 g/mol. The van der Waals surface area contributed by atoms with Crippen LogP contribution in [0.4, 0.5) is 19.0 Å². The predicted molar refractivity (Wildman–Crippen MR) is 99.9 cm³/mol. The number of alkyl halides is 3. The van der Waals surface area contributed by atoms with Crippen molar-refractivity contribution < 1.29 is 18.0 Å². The van der Waals surface area contributed by atoms with Crippen LogP contribution >= 0.6 is 0 Å². The molecule has 3 heterocycles. The van der Waals surface area contributed by atoms with Gasteiger partial charge in [0.1, 0.15) is 5.82 Å². The molecule has 1 atom stereocenters. The molecule has 1 aromatic heterocycles. The molecule has 2 saturated heterocycles. The summed E-state index contributed by atoms with van der Waals surface area (Å²) in [6.07, 6.45) is 2.83. The number of halogens is 3. The van der Waals surface area contributed by atoms with Gasteiger partial charge in [-0.2, -0.15) is 13.2 Å². The zero-order valence-corrected chi connectivity index (χ0v) is 15.9. The molecule has 1 aliphatic carbocycles. The van der Waals surface area contributed by atoms with Gasteiger partial charge in [-0.25, -0.2) is 4.98 Å². The predicted octanol–water partition coefficient (Wildman–Crippen LogP) is 3.06. The molecule has 8 heteroatoms. The quantitative estimate of drug-likeness (QED) is 0.850. The molecule has 0 bridgehead atoms. The van der Waals surface area contributed by atoms with Crippen molar-refractivity contribution in [3.8, 4) is 0 Å². The van der Waals surface area contributed by atoms with E-state index in [0.29, 0.717) is 31.0 Å². The molecular formula is C20H27F3N4O. The molecule has 154 valence electrons. The first-order chi connectivity index (χ1) is 13.4. The van der Waals surface area contributed by atoms with E-state index in [2.05, 4.69) is 15.2 Å². The molecule has 0 spiro atoms. The molecule has 1 amide bonds. The number of nitrogens with zero attached hydrogens (tertiary/aromatic N) is 3. The number of likely N-dealkylation sites (tertiary alicyclic amines) is 1. The van der Waals surface area contributed by atoms with Gasteiger partial charge in [-0.05, 0) is 57.2 Å². The Balaban J connectivity index is 1.32. The number of hydrogen-bond donors (Lipinski definition) is 1. The lowest BCUT2D eigenvalue weighted by Gasteiger charge is -2.42. The van der Waals surface area contributed by atoms with Gasteiger partial charge < -0.3 is 10.2 Å². The van der Waals surface area contributed by atoms with Crippen LogP contribution in [-0.2, 0) is 11.0 Å². The lowest BCUT2D eigenvalue weighted by Crippen LogP contribution is -2.51. The molecule has 1 N–H and O–H groups in total. The number of amides is 1. The summed E-state index contributed by atoms with van der Waals surface area (Å²) in [6, 6.07) is 2.93. The van der Waals surface area contributed by atoms with Crippen molar-refractivity contribution >= 4 is 11.7 Å². The summed E-state index contributed by atoms with van der Waals surface area (Å²) in [7, 11) is 0. The Morgan fingerprint density at radius 1 is 1.11 bits per heavy atom. The van der Waals surface area contributed by atoms with Crippen molar-refractivity contribution in [3.05, 3.63) is 23.9 Å². The second-order valence-electron chi connectivity index (χ2n) is 8.24. The number of rotatable bonds is 4. The Hall–Kier alpha value is -1.83. The van der Waals surface area contributed by atoms with Crippen molar-refractivity contribution in [2.45, 2.75) is 56.8 Å². The van der Waals surface area contributed by atoms with Crippen LogP contribution < -0.4 is 10.2 Å². The maximum absolute atomic E-state index is 12.9. The van der Waals surface area contributed by atoms with E-state index in [0.717, 1.165) is 63.7 Å². The maximum atomic E-state index is 12.9. The van der Waals surface area contributed by atoms with E-state index in [4.69, 9.17) is 0 Å². The summed E-state index contributed by atoms with van der Waals surface area (Å²) in [5.41, 5.74) is -0.653. The van der Waals surface area contributed by atoms with Gasteiger partial charge in [-0.3, -0.25) is 9.69 Å². The van der Waals surface area contributed by atoms with E-state index in [1.54, 1.807) is 0 Å². The van der Waals surface area contributed by atoms with E-state index in [1.165, 1.54) is 6.20 Å². The van der Waals surface area contributed by atoms with Crippen molar-refractivity contribution in [3.63, 3.8) is 0 Å². The highest BCUT2D eigenvalue weighted by molar-refractivity contribution is 5.79. The highest BCUT2D eigenvalue weighted by Gasteiger charge is 2.35.